The van der Waals surface area contributed by atoms with Crippen LogP contribution in [0.4, 0.5) is 22.7 Å². The minimum absolute atomic E-state index is 0.172. The first-order valence-electron chi connectivity index (χ1n) is 10.6. The van der Waals surface area contributed by atoms with E-state index in [0.717, 1.165) is 23.4 Å². The fourth-order valence-electron chi connectivity index (χ4n) is 3.00. The molecule has 36 heavy (non-hydrogen) atoms. The quantitative estimate of drug-likeness (QED) is 0.116. The van der Waals surface area contributed by atoms with E-state index in [9.17, 15) is 19.7 Å². The maximum atomic E-state index is 11.9. The van der Waals surface area contributed by atoms with Gasteiger partial charge >= 0.3 is 11.9 Å². The van der Waals surface area contributed by atoms with Crippen LogP contribution in [0, 0.1) is 10.1 Å². The smallest absolute Gasteiger partial charge is 0.342 e. The highest BCUT2D eigenvalue weighted by molar-refractivity contribution is 6.30. The van der Waals surface area contributed by atoms with Gasteiger partial charge in [-0.1, -0.05) is 23.7 Å². The molecule has 3 aromatic rings. The molecule has 0 unspecified atom stereocenters. The fourth-order valence-corrected chi connectivity index (χ4v) is 3.13. The van der Waals surface area contributed by atoms with Crippen LogP contribution in [0.1, 0.15) is 15.9 Å². The summed E-state index contributed by atoms with van der Waals surface area (Å²) in [5.74, 6) is -1.87. The van der Waals surface area contributed by atoms with Gasteiger partial charge < -0.3 is 14.7 Å². The van der Waals surface area contributed by atoms with E-state index < -0.39 is 28.1 Å². The number of carbonyl (C=O) groups excluding carboxylic acids is 1. The molecule has 1 N–H and O–H groups in total. The van der Waals surface area contributed by atoms with E-state index in [1.165, 1.54) is 12.1 Å². The second-order valence-electron chi connectivity index (χ2n) is 7.45. The highest BCUT2D eigenvalue weighted by atomic mass is 35.5. The van der Waals surface area contributed by atoms with Gasteiger partial charge in [0.15, 0.2) is 0 Å². The Morgan fingerprint density at radius 2 is 1.69 bits per heavy atom. The summed E-state index contributed by atoms with van der Waals surface area (Å²) in [7, 11) is 1.85. The number of esters is 1. The molecule has 0 bridgehead atoms. The molecule has 0 spiro atoms. The van der Waals surface area contributed by atoms with Crippen molar-refractivity contribution < 1.29 is 24.4 Å². The number of azo groups is 1. The van der Waals surface area contributed by atoms with Gasteiger partial charge in [0.25, 0.3) is 5.69 Å². The number of carboxylic acid groups (broad SMARTS) is 1. The van der Waals surface area contributed by atoms with Crippen molar-refractivity contribution in [2.24, 2.45) is 10.2 Å². The van der Waals surface area contributed by atoms with Crippen LogP contribution in [0.2, 0.25) is 5.02 Å². The maximum absolute atomic E-state index is 11.9. The van der Waals surface area contributed by atoms with Gasteiger partial charge in [-0.3, -0.25) is 10.1 Å². The Morgan fingerprint density at radius 1 is 1.06 bits per heavy atom. The monoisotopic (exact) mass is 508 g/mol. The van der Waals surface area contributed by atoms with Crippen LogP contribution in [0.3, 0.4) is 0 Å². The van der Waals surface area contributed by atoms with Crippen molar-refractivity contribution in [1.82, 2.24) is 0 Å². The molecule has 0 aliphatic heterocycles. The minimum Gasteiger partial charge on any atom is -0.477 e. The summed E-state index contributed by atoms with van der Waals surface area (Å²) in [5.41, 5.74) is 1.38. The Morgan fingerprint density at radius 3 is 2.33 bits per heavy atom. The van der Waals surface area contributed by atoms with Gasteiger partial charge in [-0.25, -0.2) is 9.59 Å². The normalized spacial score (nSPS) is 11.1. The number of hydrogen-bond acceptors (Lipinski definition) is 8. The summed E-state index contributed by atoms with van der Waals surface area (Å²) in [6, 6.07) is 17.6. The SMILES string of the molecule is CN(CCOC(=O)/C=C/c1ccc(Cl)cc1)c1ccc(/N=N/c2ccc([N+](=O)[O-])c(C(=O)O)c2)cc1. The topological polar surface area (TPSA) is 135 Å². The van der Waals surface area contributed by atoms with Crippen molar-refractivity contribution in [3.05, 3.63) is 99.1 Å². The zero-order chi connectivity index (χ0) is 26.1. The number of nitro benzene ring substituents is 1. The molecule has 10 nitrogen and oxygen atoms in total. The van der Waals surface area contributed by atoms with E-state index in [-0.39, 0.29) is 12.3 Å². The lowest BCUT2D eigenvalue weighted by molar-refractivity contribution is -0.385. The molecule has 0 aromatic heterocycles. The maximum Gasteiger partial charge on any atom is 0.342 e. The molecule has 0 saturated carbocycles. The molecule has 11 heteroatoms. The third-order valence-corrected chi connectivity index (χ3v) is 5.18. The molecule has 0 fully saturated rings. The molecule has 3 rings (SSSR count). The summed E-state index contributed by atoms with van der Waals surface area (Å²) in [6.45, 7) is 0.649. The molecule has 184 valence electrons. The van der Waals surface area contributed by atoms with Gasteiger partial charge in [-0.2, -0.15) is 10.2 Å². The van der Waals surface area contributed by atoms with E-state index in [2.05, 4.69) is 10.2 Å². The zero-order valence-corrected chi connectivity index (χ0v) is 19.8. The predicted octanol–water partition coefficient (Wildman–Crippen LogP) is 6.05. The van der Waals surface area contributed by atoms with E-state index in [1.54, 1.807) is 54.6 Å². The van der Waals surface area contributed by atoms with Gasteiger partial charge in [0.2, 0.25) is 0 Å². The number of hydrogen-bond donors (Lipinski definition) is 1. The van der Waals surface area contributed by atoms with Crippen molar-refractivity contribution >= 4 is 52.4 Å². The average molecular weight is 509 g/mol. The number of ether oxygens (including phenoxy) is 1. The second kappa shape index (κ2) is 12.2. The number of likely N-dealkylation sites (N-methyl/N-ethyl adjacent to an activating group) is 1. The minimum atomic E-state index is -1.42. The Balaban J connectivity index is 1.52. The Bertz CT molecular complexity index is 1310. The van der Waals surface area contributed by atoms with Gasteiger partial charge in [-0.05, 0) is 60.2 Å². The molecule has 0 aliphatic rings. The third kappa shape index (κ3) is 7.47. The largest absolute Gasteiger partial charge is 0.477 e. The average Bonchev–Trinajstić information content (AvgIpc) is 2.87. The van der Waals surface area contributed by atoms with Crippen LogP contribution in [0.5, 0.6) is 0 Å². The van der Waals surface area contributed by atoms with Gasteiger partial charge in [-0.15, -0.1) is 0 Å². The second-order valence-corrected chi connectivity index (χ2v) is 7.89. The summed E-state index contributed by atoms with van der Waals surface area (Å²) in [4.78, 5) is 35.2. The van der Waals surface area contributed by atoms with Crippen LogP contribution in [0.15, 0.2) is 83.0 Å². The molecule has 0 atom stereocenters. The number of carboxylic acids is 1. The third-order valence-electron chi connectivity index (χ3n) is 4.93. The van der Waals surface area contributed by atoms with Crippen LogP contribution in [-0.2, 0) is 9.53 Å². The molecular weight excluding hydrogens is 488 g/mol. The number of rotatable bonds is 10. The zero-order valence-electron chi connectivity index (χ0n) is 19.1. The van der Waals surface area contributed by atoms with Crippen molar-refractivity contribution in [3.63, 3.8) is 0 Å². The van der Waals surface area contributed by atoms with Crippen molar-refractivity contribution in [3.8, 4) is 0 Å². The van der Waals surface area contributed by atoms with Crippen LogP contribution in [-0.4, -0.2) is 42.2 Å². The Hall–Kier alpha value is -4.57. The molecule has 0 radical (unpaired) electrons. The molecule has 0 heterocycles. The summed E-state index contributed by atoms with van der Waals surface area (Å²) in [6.07, 6.45) is 3.00. The molecule has 0 saturated heterocycles. The summed E-state index contributed by atoms with van der Waals surface area (Å²) in [5, 5.41) is 28.7. The van der Waals surface area contributed by atoms with Gasteiger partial charge in [0.05, 0.1) is 22.8 Å². The number of benzene rings is 3. The lowest BCUT2D eigenvalue weighted by Gasteiger charge is -2.18. The molecule has 0 amide bonds. The molecule has 0 aliphatic carbocycles. The molecular formula is C25H21ClN4O6. The number of nitro groups is 1. The number of halogens is 1. The van der Waals surface area contributed by atoms with Crippen LogP contribution < -0.4 is 4.90 Å². The Labute approximate surface area is 211 Å². The predicted molar refractivity (Wildman–Crippen MR) is 135 cm³/mol. The standard InChI is InChI=1S/C25H21ClN4O6/c1-29(14-15-36-24(31)13-4-17-2-5-18(26)6-3-17)21-10-7-19(8-11-21)27-28-20-9-12-23(30(34)35)22(16-20)25(32)33/h2-13,16H,14-15H2,1H3,(H,32,33)/b13-4+,28-27+. The van der Waals surface area contributed by atoms with Crippen molar-refractivity contribution in [2.75, 3.05) is 25.1 Å². The number of carbonyl (C=O) groups is 2. The van der Waals surface area contributed by atoms with Gasteiger partial charge in [0, 0.05) is 29.9 Å². The molecule has 3 aromatic carbocycles. The van der Waals surface area contributed by atoms with Crippen LogP contribution >= 0.6 is 11.6 Å². The number of aromatic carboxylic acids is 1. The van der Waals surface area contributed by atoms with Crippen molar-refractivity contribution in [1.29, 1.82) is 0 Å². The van der Waals surface area contributed by atoms with E-state index in [4.69, 9.17) is 21.4 Å². The fraction of sp³-hybridized carbons (Fsp3) is 0.120. The summed E-state index contributed by atoms with van der Waals surface area (Å²) >= 11 is 5.83. The first kappa shape index (κ1) is 26.0. The van der Waals surface area contributed by atoms with Gasteiger partial charge in [0.1, 0.15) is 12.2 Å². The lowest BCUT2D eigenvalue weighted by atomic mass is 10.1. The lowest BCUT2D eigenvalue weighted by Crippen LogP contribution is -2.23. The van der Waals surface area contributed by atoms with Crippen LogP contribution in [0.25, 0.3) is 6.08 Å². The van der Waals surface area contributed by atoms with Crippen molar-refractivity contribution in [2.45, 2.75) is 0 Å². The first-order valence-corrected chi connectivity index (χ1v) is 11.0. The summed E-state index contributed by atoms with van der Waals surface area (Å²) < 4.78 is 5.23. The van der Waals surface area contributed by atoms with E-state index in [0.29, 0.717) is 17.3 Å². The Kier molecular flexibility index (Phi) is 8.84. The highest BCUT2D eigenvalue weighted by Gasteiger charge is 2.19. The highest BCUT2D eigenvalue weighted by Crippen LogP contribution is 2.26. The van der Waals surface area contributed by atoms with E-state index in [1.807, 2.05) is 11.9 Å². The number of anilines is 1. The number of nitrogens with zero attached hydrogens (tertiary/aromatic N) is 4. The van der Waals surface area contributed by atoms with E-state index >= 15 is 0 Å². The first-order chi connectivity index (χ1) is 17.2.